The number of aryl methyl sites for hydroxylation is 1. The lowest BCUT2D eigenvalue weighted by Crippen LogP contribution is -2.05. The highest BCUT2D eigenvalue weighted by molar-refractivity contribution is 6.29. The molecule has 0 saturated carbocycles. The zero-order valence-electron chi connectivity index (χ0n) is 6.81. The molecular weight excluding hydrogens is 164 g/mol. The van der Waals surface area contributed by atoms with E-state index >= 15 is 0 Å². The fraction of sp³-hybridized carbons (Fsp3) is 0.429. The van der Waals surface area contributed by atoms with Crippen molar-refractivity contribution < 1.29 is 0 Å². The number of aromatic nitrogens is 2. The van der Waals surface area contributed by atoms with Crippen LogP contribution in [0.25, 0.3) is 0 Å². The van der Waals surface area contributed by atoms with Crippen molar-refractivity contribution in [3.05, 3.63) is 27.4 Å². The highest BCUT2D eigenvalue weighted by Gasteiger charge is 1.92. The molecule has 4 heteroatoms. The summed E-state index contributed by atoms with van der Waals surface area (Å²) in [5.41, 5.74) is 0.363. The van der Waals surface area contributed by atoms with Crippen LogP contribution in [0.2, 0.25) is 5.15 Å². The van der Waals surface area contributed by atoms with Gasteiger partial charge in [0.1, 0.15) is 5.15 Å². The van der Waals surface area contributed by atoms with Crippen molar-refractivity contribution in [3.63, 3.8) is 0 Å². The zero-order valence-corrected chi connectivity index (χ0v) is 7.57. The fourth-order valence-corrected chi connectivity index (χ4v) is 0.585. The van der Waals surface area contributed by atoms with Gasteiger partial charge in [0.15, 0.2) is 0 Å². The van der Waals surface area contributed by atoms with Crippen LogP contribution in [0.15, 0.2) is 11.0 Å². The average molecular weight is 175 g/mol. The lowest BCUT2D eigenvalue weighted by atomic mass is 10.5. The first-order valence-corrected chi connectivity index (χ1v) is 3.79. The van der Waals surface area contributed by atoms with Gasteiger partial charge in [-0.2, -0.15) is 0 Å². The molecular formula is C7H11ClN2O. The maximum atomic E-state index is 10.4. The molecule has 0 amide bonds. The average Bonchev–Trinajstić information content (AvgIpc) is 2.02. The normalized spacial score (nSPS) is 8.36. The minimum absolute atomic E-state index is 0.273. The number of nitrogens with one attached hydrogen (secondary N) is 1. The summed E-state index contributed by atoms with van der Waals surface area (Å²) in [5, 5.41) is 0.308. The minimum Gasteiger partial charge on any atom is -0.310 e. The Bertz CT molecular complexity index is 269. The van der Waals surface area contributed by atoms with Gasteiger partial charge in [0, 0.05) is 0 Å². The standard InChI is InChI=1S/C5H5ClN2O.C2H6/c1-3-5(6)8-4(9)2-7-3;1-2/h2H,1H3,(H,8,9);1-2H3. The van der Waals surface area contributed by atoms with Gasteiger partial charge in [-0.3, -0.25) is 9.78 Å². The van der Waals surface area contributed by atoms with Gasteiger partial charge in [-0.05, 0) is 6.92 Å². The van der Waals surface area contributed by atoms with E-state index < -0.39 is 0 Å². The second-order valence-corrected chi connectivity index (χ2v) is 2.02. The Labute approximate surface area is 70.4 Å². The van der Waals surface area contributed by atoms with Crippen molar-refractivity contribution in [3.8, 4) is 0 Å². The first-order chi connectivity index (χ1) is 5.20. The summed E-state index contributed by atoms with van der Waals surface area (Å²) < 4.78 is 0. The number of aromatic amines is 1. The third kappa shape index (κ3) is 3.18. The van der Waals surface area contributed by atoms with E-state index in [9.17, 15) is 4.79 Å². The molecule has 0 aliphatic heterocycles. The van der Waals surface area contributed by atoms with Gasteiger partial charge in [-0.25, -0.2) is 0 Å². The van der Waals surface area contributed by atoms with Crippen LogP contribution in [0, 0.1) is 6.92 Å². The molecule has 0 aliphatic carbocycles. The Balaban J connectivity index is 0.000000461. The second-order valence-electron chi connectivity index (χ2n) is 1.65. The number of hydrogen-bond acceptors (Lipinski definition) is 2. The highest BCUT2D eigenvalue weighted by Crippen LogP contribution is 2.02. The number of nitrogens with zero attached hydrogens (tertiary/aromatic N) is 1. The smallest absolute Gasteiger partial charge is 0.267 e. The Morgan fingerprint density at radius 1 is 1.55 bits per heavy atom. The molecule has 1 rings (SSSR count). The van der Waals surface area contributed by atoms with E-state index in [1.54, 1.807) is 6.92 Å². The van der Waals surface area contributed by atoms with Crippen LogP contribution in [-0.4, -0.2) is 9.97 Å². The van der Waals surface area contributed by atoms with Gasteiger partial charge >= 0.3 is 0 Å². The van der Waals surface area contributed by atoms with E-state index in [2.05, 4.69) is 9.97 Å². The van der Waals surface area contributed by atoms with E-state index in [0.717, 1.165) is 0 Å². The van der Waals surface area contributed by atoms with E-state index in [1.165, 1.54) is 6.20 Å². The molecule has 0 aliphatic rings. The molecule has 1 aromatic rings. The second kappa shape index (κ2) is 4.91. The number of H-pyrrole nitrogens is 1. The summed E-state index contributed by atoms with van der Waals surface area (Å²) in [7, 11) is 0. The first kappa shape index (κ1) is 10.2. The van der Waals surface area contributed by atoms with Crippen LogP contribution in [0.5, 0.6) is 0 Å². The molecule has 1 heterocycles. The molecule has 0 unspecified atom stereocenters. The van der Waals surface area contributed by atoms with Crippen LogP contribution in [0.1, 0.15) is 19.5 Å². The molecule has 3 nitrogen and oxygen atoms in total. The van der Waals surface area contributed by atoms with Crippen molar-refractivity contribution in [2.24, 2.45) is 0 Å². The summed E-state index contributed by atoms with van der Waals surface area (Å²) in [4.78, 5) is 16.5. The van der Waals surface area contributed by atoms with Crippen molar-refractivity contribution in [1.29, 1.82) is 0 Å². The van der Waals surface area contributed by atoms with Crippen LogP contribution in [-0.2, 0) is 0 Å². The molecule has 0 radical (unpaired) electrons. The quantitative estimate of drug-likeness (QED) is 0.652. The van der Waals surface area contributed by atoms with E-state index in [0.29, 0.717) is 10.8 Å². The van der Waals surface area contributed by atoms with Gasteiger partial charge in [0.05, 0.1) is 11.9 Å². The molecule has 1 aromatic heterocycles. The van der Waals surface area contributed by atoms with Gasteiger partial charge in [0.25, 0.3) is 5.56 Å². The van der Waals surface area contributed by atoms with Crippen LogP contribution in [0.4, 0.5) is 0 Å². The number of hydrogen-bond donors (Lipinski definition) is 1. The molecule has 0 atom stereocenters. The minimum atomic E-state index is -0.273. The van der Waals surface area contributed by atoms with Crippen molar-refractivity contribution in [2.75, 3.05) is 0 Å². The predicted octanol–water partition coefficient (Wildman–Crippen LogP) is 1.76. The Kier molecular flexibility index (Phi) is 4.54. The zero-order chi connectivity index (χ0) is 8.85. The van der Waals surface area contributed by atoms with Crippen molar-refractivity contribution in [2.45, 2.75) is 20.8 Å². The topological polar surface area (TPSA) is 45.8 Å². The van der Waals surface area contributed by atoms with Gasteiger partial charge in [-0.15, -0.1) is 0 Å². The third-order valence-corrected chi connectivity index (χ3v) is 1.29. The molecule has 0 saturated heterocycles. The lowest BCUT2D eigenvalue weighted by molar-refractivity contribution is 1.07. The number of halogens is 1. The molecule has 62 valence electrons. The molecule has 0 aromatic carbocycles. The van der Waals surface area contributed by atoms with E-state index in [-0.39, 0.29) is 5.56 Å². The maximum Gasteiger partial charge on any atom is 0.267 e. The largest absolute Gasteiger partial charge is 0.310 e. The Morgan fingerprint density at radius 2 is 2.09 bits per heavy atom. The van der Waals surface area contributed by atoms with E-state index in [4.69, 9.17) is 11.6 Å². The van der Waals surface area contributed by atoms with Crippen LogP contribution >= 0.6 is 11.6 Å². The van der Waals surface area contributed by atoms with Gasteiger partial charge < -0.3 is 4.98 Å². The van der Waals surface area contributed by atoms with Crippen molar-refractivity contribution in [1.82, 2.24) is 9.97 Å². The molecule has 1 N–H and O–H groups in total. The van der Waals surface area contributed by atoms with Crippen LogP contribution < -0.4 is 5.56 Å². The van der Waals surface area contributed by atoms with Gasteiger partial charge in [-0.1, -0.05) is 25.4 Å². The molecule has 0 spiro atoms. The third-order valence-electron chi connectivity index (χ3n) is 0.926. The number of rotatable bonds is 0. The monoisotopic (exact) mass is 174 g/mol. The maximum absolute atomic E-state index is 10.4. The summed E-state index contributed by atoms with van der Waals surface area (Å²) in [6, 6.07) is 0. The predicted molar refractivity (Wildman–Crippen MR) is 46.0 cm³/mol. The highest BCUT2D eigenvalue weighted by atomic mass is 35.5. The lowest BCUT2D eigenvalue weighted by Gasteiger charge is -1.90. The first-order valence-electron chi connectivity index (χ1n) is 3.41. The summed E-state index contributed by atoms with van der Waals surface area (Å²) in [6.45, 7) is 5.72. The van der Waals surface area contributed by atoms with Crippen LogP contribution in [0.3, 0.4) is 0 Å². The molecule has 0 bridgehead atoms. The Hall–Kier alpha value is -0.830. The van der Waals surface area contributed by atoms with Gasteiger partial charge in [0.2, 0.25) is 0 Å². The summed E-state index contributed by atoms with van der Waals surface area (Å²) in [5.74, 6) is 0. The summed E-state index contributed by atoms with van der Waals surface area (Å²) in [6.07, 6.45) is 1.20. The fourth-order valence-electron chi connectivity index (χ4n) is 0.443. The SMILES string of the molecule is CC.Cc1ncc(=O)[nH]c1Cl. The Morgan fingerprint density at radius 3 is 2.45 bits per heavy atom. The summed E-state index contributed by atoms with van der Waals surface area (Å²) >= 11 is 5.50. The molecule has 0 fully saturated rings. The van der Waals surface area contributed by atoms with Crippen molar-refractivity contribution >= 4 is 11.6 Å². The van der Waals surface area contributed by atoms with E-state index in [1.807, 2.05) is 13.8 Å². The molecule has 11 heavy (non-hydrogen) atoms.